The Kier molecular flexibility index (Phi) is 2.74. The van der Waals surface area contributed by atoms with Gasteiger partial charge in [-0.3, -0.25) is 4.79 Å². The lowest BCUT2D eigenvalue weighted by Gasteiger charge is -2.35. The van der Waals surface area contributed by atoms with E-state index >= 15 is 0 Å². The monoisotopic (exact) mass is 199 g/mol. The molecule has 4 heteroatoms. The van der Waals surface area contributed by atoms with Gasteiger partial charge in [0, 0.05) is 13.2 Å². The van der Waals surface area contributed by atoms with Gasteiger partial charge in [0.2, 0.25) is 0 Å². The number of rotatable bonds is 2. The van der Waals surface area contributed by atoms with Crippen molar-refractivity contribution in [2.45, 2.75) is 13.3 Å². The summed E-state index contributed by atoms with van der Waals surface area (Å²) in [5, 5.41) is 3.26. The summed E-state index contributed by atoms with van der Waals surface area (Å²) in [7, 11) is 0. The van der Waals surface area contributed by atoms with Crippen molar-refractivity contribution in [3.8, 4) is 0 Å². The third-order valence-electron chi connectivity index (χ3n) is 3.26. The van der Waals surface area contributed by atoms with Gasteiger partial charge in [0.25, 0.3) is 0 Å². The minimum atomic E-state index is -0.395. The molecule has 2 atom stereocenters. The molecule has 2 saturated heterocycles. The van der Waals surface area contributed by atoms with E-state index in [2.05, 4.69) is 5.32 Å². The van der Waals surface area contributed by atoms with Gasteiger partial charge in [-0.1, -0.05) is 0 Å². The van der Waals surface area contributed by atoms with Crippen molar-refractivity contribution < 1.29 is 14.3 Å². The van der Waals surface area contributed by atoms with Crippen LogP contribution >= 0.6 is 0 Å². The van der Waals surface area contributed by atoms with E-state index in [1.165, 1.54) is 0 Å². The second-order valence-corrected chi connectivity index (χ2v) is 4.05. The van der Waals surface area contributed by atoms with Gasteiger partial charge in [-0.15, -0.1) is 0 Å². The molecule has 0 amide bonds. The Balaban J connectivity index is 2.13. The molecule has 0 radical (unpaired) electrons. The Labute approximate surface area is 84.0 Å². The molecule has 1 N–H and O–H groups in total. The van der Waals surface area contributed by atoms with Crippen molar-refractivity contribution in [1.82, 2.24) is 5.32 Å². The Hall–Kier alpha value is -0.610. The number of hydrogen-bond acceptors (Lipinski definition) is 4. The lowest BCUT2D eigenvalue weighted by Crippen LogP contribution is -2.47. The smallest absolute Gasteiger partial charge is 0.316 e. The zero-order chi connectivity index (χ0) is 10.0. The fourth-order valence-corrected chi connectivity index (χ4v) is 2.41. The van der Waals surface area contributed by atoms with Crippen LogP contribution in [0.4, 0.5) is 0 Å². The molecule has 0 bridgehead atoms. The average Bonchev–Trinajstić information content (AvgIpc) is 2.62. The maximum Gasteiger partial charge on any atom is 0.316 e. The minimum Gasteiger partial charge on any atom is -0.465 e. The fourth-order valence-electron chi connectivity index (χ4n) is 2.41. The van der Waals surface area contributed by atoms with Gasteiger partial charge in [-0.25, -0.2) is 0 Å². The zero-order valence-electron chi connectivity index (χ0n) is 8.54. The van der Waals surface area contributed by atoms with Crippen LogP contribution in [0.15, 0.2) is 0 Å². The highest BCUT2D eigenvalue weighted by Crippen LogP contribution is 2.38. The summed E-state index contributed by atoms with van der Waals surface area (Å²) < 4.78 is 10.5. The van der Waals surface area contributed by atoms with E-state index in [1.807, 2.05) is 6.92 Å². The first kappa shape index (κ1) is 9.93. The van der Waals surface area contributed by atoms with Crippen molar-refractivity contribution in [3.63, 3.8) is 0 Å². The number of nitrogens with one attached hydrogen (secondary N) is 1. The van der Waals surface area contributed by atoms with Gasteiger partial charge in [-0.2, -0.15) is 0 Å². The molecule has 0 aromatic rings. The van der Waals surface area contributed by atoms with Crippen molar-refractivity contribution in [2.24, 2.45) is 11.3 Å². The third-order valence-corrected chi connectivity index (χ3v) is 3.26. The van der Waals surface area contributed by atoms with E-state index in [4.69, 9.17) is 9.47 Å². The summed E-state index contributed by atoms with van der Waals surface area (Å²) in [6, 6.07) is 0. The van der Waals surface area contributed by atoms with Crippen molar-refractivity contribution in [3.05, 3.63) is 0 Å². The molecule has 2 heterocycles. The largest absolute Gasteiger partial charge is 0.465 e. The molecule has 0 unspecified atom stereocenters. The van der Waals surface area contributed by atoms with Crippen LogP contribution in [-0.2, 0) is 14.3 Å². The third kappa shape index (κ3) is 1.42. The molecule has 2 fully saturated rings. The number of carbonyl (C=O) groups is 1. The number of carbonyl (C=O) groups excluding carboxylic acids is 1. The highest BCUT2D eigenvalue weighted by Gasteiger charge is 2.52. The fraction of sp³-hybridized carbons (Fsp3) is 0.900. The van der Waals surface area contributed by atoms with Crippen molar-refractivity contribution >= 4 is 5.97 Å². The van der Waals surface area contributed by atoms with E-state index in [9.17, 15) is 4.79 Å². The summed E-state index contributed by atoms with van der Waals surface area (Å²) in [5.74, 6) is 0.310. The van der Waals surface area contributed by atoms with Crippen LogP contribution in [-0.4, -0.2) is 38.9 Å². The maximum absolute atomic E-state index is 11.9. The molecule has 80 valence electrons. The van der Waals surface area contributed by atoms with E-state index < -0.39 is 5.41 Å². The molecule has 2 aliphatic heterocycles. The normalized spacial score (nSPS) is 36.5. The molecule has 0 saturated carbocycles. The van der Waals surface area contributed by atoms with Gasteiger partial charge in [0.05, 0.1) is 13.2 Å². The zero-order valence-corrected chi connectivity index (χ0v) is 8.54. The highest BCUT2D eigenvalue weighted by atomic mass is 16.5. The van der Waals surface area contributed by atoms with Crippen LogP contribution in [0.1, 0.15) is 13.3 Å². The summed E-state index contributed by atoms with van der Waals surface area (Å²) in [6.07, 6.45) is 0.964. The Morgan fingerprint density at radius 2 is 2.57 bits per heavy atom. The van der Waals surface area contributed by atoms with Gasteiger partial charge >= 0.3 is 5.97 Å². The standard InChI is InChI=1S/C10H17NO3/c1-2-14-9(12)10-6-11-5-8(10)3-4-13-7-10/h8,11H,2-7H2,1H3/t8-,10+/m0/s1. The van der Waals surface area contributed by atoms with E-state index in [0.29, 0.717) is 25.7 Å². The predicted molar refractivity (Wildman–Crippen MR) is 50.9 cm³/mol. The van der Waals surface area contributed by atoms with Gasteiger partial charge in [0.15, 0.2) is 0 Å². The van der Waals surface area contributed by atoms with E-state index in [0.717, 1.165) is 19.6 Å². The van der Waals surface area contributed by atoms with Crippen LogP contribution in [0.5, 0.6) is 0 Å². The summed E-state index contributed by atoms with van der Waals surface area (Å²) >= 11 is 0. The molecule has 0 aliphatic carbocycles. The summed E-state index contributed by atoms with van der Waals surface area (Å²) in [5.41, 5.74) is -0.395. The lowest BCUT2D eigenvalue weighted by atomic mass is 9.76. The first-order valence-corrected chi connectivity index (χ1v) is 5.25. The molecular weight excluding hydrogens is 182 g/mol. The second kappa shape index (κ2) is 3.87. The van der Waals surface area contributed by atoms with Crippen LogP contribution in [0, 0.1) is 11.3 Å². The molecule has 2 aliphatic rings. The minimum absolute atomic E-state index is 0.0882. The molecule has 4 nitrogen and oxygen atoms in total. The maximum atomic E-state index is 11.9. The molecule has 0 aromatic carbocycles. The molecule has 0 aromatic heterocycles. The first-order valence-electron chi connectivity index (χ1n) is 5.25. The van der Waals surface area contributed by atoms with Crippen LogP contribution < -0.4 is 5.32 Å². The van der Waals surface area contributed by atoms with Crippen molar-refractivity contribution in [1.29, 1.82) is 0 Å². The Morgan fingerprint density at radius 1 is 1.71 bits per heavy atom. The molecular formula is C10H17NO3. The summed E-state index contributed by atoms with van der Waals surface area (Å²) in [4.78, 5) is 11.9. The second-order valence-electron chi connectivity index (χ2n) is 4.05. The lowest BCUT2D eigenvalue weighted by molar-refractivity contribution is -0.165. The van der Waals surface area contributed by atoms with Gasteiger partial charge in [-0.05, 0) is 25.8 Å². The molecule has 0 spiro atoms. The number of hydrogen-bond donors (Lipinski definition) is 1. The van der Waals surface area contributed by atoms with Gasteiger partial charge < -0.3 is 14.8 Å². The van der Waals surface area contributed by atoms with Gasteiger partial charge in [0.1, 0.15) is 5.41 Å². The van der Waals surface area contributed by atoms with Crippen LogP contribution in [0.3, 0.4) is 0 Å². The van der Waals surface area contributed by atoms with E-state index in [1.54, 1.807) is 0 Å². The SMILES string of the molecule is CCOC(=O)[C@@]12CNC[C@@H]1CCOC2. The van der Waals surface area contributed by atoms with Crippen LogP contribution in [0.2, 0.25) is 0 Å². The molecule has 2 rings (SSSR count). The molecule has 14 heavy (non-hydrogen) atoms. The first-order chi connectivity index (χ1) is 6.79. The average molecular weight is 199 g/mol. The van der Waals surface area contributed by atoms with Crippen molar-refractivity contribution in [2.75, 3.05) is 32.9 Å². The van der Waals surface area contributed by atoms with Crippen LogP contribution in [0.25, 0.3) is 0 Å². The van der Waals surface area contributed by atoms with E-state index in [-0.39, 0.29) is 5.97 Å². The Bertz CT molecular complexity index is 231. The number of fused-ring (bicyclic) bond motifs is 1. The topological polar surface area (TPSA) is 47.6 Å². The summed E-state index contributed by atoms with van der Waals surface area (Å²) in [6.45, 7) is 5.21. The quantitative estimate of drug-likeness (QED) is 0.644. The number of ether oxygens (including phenoxy) is 2. The number of esters is 1. The Morgan fingerprint density at radius 3 is 3.36 bits per heavy atom. The highest BCUT2D eigenvalue weighted by molar-refractivity contribution is 5.78. The predicted octanol–water partition coefficient (Wildman–Crippen LogP) is 0.176.